The van der Waals surface area contributed by atoms with Crippen LogP contribution in [0.4, 0.5) is 0 Å². The summed E-state index contributed by atoms with van der Waals surface area (Å²) in [6, 6.07) is 10.3. The predicted octanol–water partition coefficient (Wildman–Crippen LogP) is 4.05. The van der Waals surface area contributed by atoms with Gasteiger partial charge in [0.1, 0.15) is 0 Å². The van der Waals surface area contributed by atoms with Crippen molar-refractivity contribution in [2.24, 2.45) is 0 Å². The Morgan fingerprint density at radius 2 is 2.00 bits per heavy atom. The van der Waals surface area contributed by atoms with Crippen LogP contribution in [0.3, 0.4) is 0 Å². The van der Waals surface area contributed by atoms with Crippen molar-refractivity contribution in [2.45, 2.75) is 26.8 Å². The van der Waals surface area contributed by atoms with Crippen LogP contribution >= 0.6 is 11.6 Å². The summed E-state index contributed by atoms with van der Waals surface area (Å²) in [6.07, 6.45) is 1.93. The molecule has 3 heteroatoms. The Morgan fingerprint density at radius 3 is 2.63 bits per heavy atom. The Morgan fingerprint density at radius 1 is 1.21 bits per heavy atom. The van der Waals surface area contributed by atoms with Gasteiger partial charge in [-0.05, 0) is 49.2 Å². The van der Waals surface area contributed by atoms with Gasteiger partial charge in [0.05, 0.1) is 6.04 Å². The minimum atomic E-state index is 0.136. The van der Waals surface area contributed by atoms with Crippen LogP contribution in [0.2, 0.25) is 5.02 Å². The molecule has 100 valence electrons. The van der Waals surface area contributed by atoms with E-state index < -0.39 is 0 Å². The maximum atomic E-state index is 6.23. The van der Waals surface area contributed by atoms with E-state index in [9.17, 15) is 0 Å². The summed E-state index contributed by atoms with van der Waals surface area (Å²) in [5.74, 6) is 0. The summed E-state index contributed by atoms with van der Waals surface area (Å²) >= 11 is 6.23. The molecule has 0 bridgehead atoms. The summed E-state index contributed by atoms with van der Waals surface area (Å²) in [5, 5.41) is 4.31. The summed E-state index contributed by atoms with van der Waals surface area (Å²) in [5.41, 5.74) is 4.52. The Labute approximate surface area is 119 Å². The fraction of sp³-hybridized carbons (Fsp3) is 0.312. The van der Waals surface area contributed by atoms with Crippen molar-refractivity contribution in [3.8, 4) is 0 Å². The van der Waals surface area contributed by atoms with Crippen molar-refractivity contribution in [1.29, 1.82) is 0 Å². The first-order chi connectivity index (χ1) is 9.13. The maximum absolute atomic E-state index is 6.23. The normalized spacial score (nSPS) is 12.4. The molecule has 0 aliphatic carbocycles. The van der Waals surface area contributed by atoms with Gasteiger partial charge in [-0.2, -0.15) is 0 Å². The van der Waals surface area contributed by atoms with Crippen molar-refractivity contribution in [1.82, 2.24) is 10.3 Å². The number of nitrogens with zero attached hydrogens (tertiary/aromatic N) is 1. The average Bonchev–Trinajstić information content (AvgIpc) is 2.41. The van der Waals surface area contributed by atoms with Gasteiger partial charge in [-0.25, -0.2) is 0 Å². The second-order valence-electron chi connectivity index (χ2n) is 4.68. The molecule has 1 N–H and O–H groups in total. The Hall–Kier alpha value is -1.38. The third-order valence-corrected chi connectivity index (χ3v) is 3.71. The highest BCUT2D eigenvalue weighted by Gasteiger charge is 2.16. The topological polar surface area (TPSA) is 24.9 Å². The van der Waals surface area contributed by atoms with E-state index in [4.69, 9.17) is 11.6 Å². The molecule has 1 aromatic carbocycles. The third kappa shape index (κ3) is 3.14. The van der Waals surface area contributed by atoms with Crippen molar-refractivity contribution in [2.75, 3.05) is 6.54 Å². The minimum Gasteiger partial charge on any atom is -0.306 e. The first kappa shape index (κ1) is 14.0. The number of benzene rings is 1. The Bertz CT molecular complexity index is 549. The van der Waals surface area contributed by atoms with Crippen LogP contribution in [0.5, 0.6) is 0 Å². The SMILES string of the molecule is CCNC(c1ccc(C)nc1)c1cccc(Cl)c1C. The molecule has 1 heterocycles. The first-order valence-electron chi connectivity index (χ1n) is 6.54. The number of hydrogen-bond donors (Lipinski definition) is 1. The predicted molar refractivity (Wildman–Crippen MR) is 80.7 cm³/mol. The lowest BCUT2D eigenvalue weighted by Gasteiger charge is -2.21. The minimum absolute atomic E-state index is 0.136. The largest absolute Gasteiger partial charge is 0.306 e. The highest BCUT2D eigenvalue weighted by molar-refractivity contribution is 6.31. The number of hydrogen-bond acceptors (Lipinski definition) is 2. The van der Waals surface area contributed by atoms with Gasteiger partial charge in [-0.3, -0.25) is 4.98 Å². The van der Waals surface area contributed by atoms with Crippen LogP contribution in [0.1, 0.15) is 35.3 Å². The first-order valence-corrected chi connectivity index (χ1v) is 6.92. The molecule has 0 fully saturated rings. The fourth-order valence-corrected chi connectivity index (χ4v) is 2.38. The molecule has 0 saturated heterocycles. The van der Waals surface area contributed by atoms with Crippen molar-refractivity contribution in [3.63, 3.8) is 0 Å². The van der Waals surface area contributed by atoms with Crippen LogP contribution in [-0.2, 0) is 0 Å². The summed E-state index contributed by atoms with van der Waals surface area (Å²) in [7, 11) is 0. The standard InChI is InChI=1S/C16H19ClN2/c1-4-18-16(13-9-8-11(2)19-10-13)14-6-5-7-15(17)12(14)3/h5-10,16,18H,4H2,1-3H3. The average molecular weight is 275 g/mol. The zero-order valence-corrected chi connectivity index (χ0v) is 12.3. The summed E-state index contributed by atoms with van der Waals surface area (Å²) in [6.45, 7) is 7.05. The van der Waals surface area contributed by atoms with Crippen molar-refractivity contribution < 1.29 is 0 Å². The van der Waals surface area contributed by atoms with Gasteiger partial charge in [-0.1, -0.05) is 36.7 Å². The van der Waals surface area contributed by atoms with Crippen LogP contribution < -0.4 is 5.32 Å². The van der Waals surface area contributed by atoms with E-state index in [1.807, 2.05) is 31.3 Å². The van der Waals surface area contributed by atoms with Gasteiger partial charge >= 0.3 is 0 Å². The van der Waals surface area contributed by atoms with E-state index in [1.165, 1.54) is 5.56 Å². The number of aromatic nitrogens is 1. The number of halogens is 1. The molecule has 2 rings (SSSR count). The van der Waals surface area contributed by atoms with Crippen LogP contribution in [0.25, 0.3) is 0 Å². The molecule has 0 radical (unpaired) electrons. The van der Waals surface area contributed by atoms with E-state index in [0.717, 1.165) is 28.4 Å². The van der Waals surface area contributed by atoms with Gasteiger partial charge in [0.25, 0.3) is 0 Å². The molecule has 0 spiro atoms. The molecule has 1 atom stereocenters. The number of aryl methyl sites for hydroxylation is 1. The third-order valence-electron chi connectivity index (χ3n) is 3.30. The lowest BCUT2D eigenvalue weighted by molar-refractivity contribution is 0.625. The highest BCUT2D eigenvalue weighted by Crippen LogP contribution is 2.28. The molecular formula is C16H19ClN2. The lowest BCUT2D eigenvalue weighted by atomic mass is 9.96. The van der Waals surface area contributed by atoms with Crippen LogP contribution in [0.15, 0.2) is 36.5 Å². The maximum Gasteiger partial charge on any atom is 0.0595 e. The molecule has 2 nitrogen and oxygen atoms in total. The fourth-order valence-electron chi connectivity index (χ4n) is 2.20. The zero-order chi connectivity index (χ0) is 13.8. The van der Waals surface area contributed by atoms with E-state index in [-0.39, 0.29) is 6.04 Å². The molecule has 19 heavy (non-hydrogen) atoms. The van der Waals surface area contributed by atoms with Gasteiger partial charge < -0.3 is 5.32 Å². The van der Waals surface area contributed by atoms with Gasteiger partial charge in [-0.15, -0.1) is 0 Å². The quantitative estimate of drug-likeness (QED) is 0.910. The molecule has 2 aromatic rings. The summed E-state index contributed by atoms with van der Waals surface area (Å²) in [4.78, 5) is 4.39. The van der Waals surface area contributed by atoms with E-state index in [2.05, 4.69) is 36.3 Å². The lowest BCUT2D eigenvalue weighted by Crippen LogP contribution is -2.23. The number of nitrogens with one attached hydrogen (secondary N) is 1. The highest BCUT2D eigenvalue weighted by atomic mass is 35.5. The molecule has 0 aliphatic heterocycles. The smallest absolute Gasteiger partial charge is 0.0595 e. The van der Waals surface area contributed by atoms with Gasteiger partial charge in [0.2, 0.25) is 0 Å². The van der Waals surface area contributed by atoms with Crippen LogP contribution in [-0.4, -0.2) is 11.5 Å². The second kappa shape index (κ2) is 6.18. The number of pyridine rings is 1. The molecule has 0 amide bonds. The second-order valence-corrected chi connectivity index (χ2v) is 5.08. The van der Waals surface area contributed by atoms with E-state index in [0.29, 0.717) is 0 Å². The molecule has 1 unspecified atom stereocenters. The van der Waals surface area contributed by atoms with Crippen molar-refractivity contribution >= 4 is 11.6 Å². The van der Waals surface area contributed by atoms with Crippen LogP contribution in [0, 0.1) is 13.8 Å². The number of rotatable bonds is 4. The molecular weight excluding hydrogens is 256 g/mol. The Kier molecular flexibility index (Phi) is 4.56. The Balaban J connectivity index is 2.45. The van der Waals surface area contributed by atoms with Crippen molar-refractivity contribution in [3.05, 3.63) is 63.9 Å². The van der Waals surface area contributed by atoms with E-state index in [1.54, 1.807) is 0 Å². The molecule has 0 saturated carbocycles. The monoisotopic (exact) mass is 274 g/mol. The summed E-state index contributed by atoms with van der Waals surface area (Å²) < 4.78 is 0. The van der Waals surface area contributed by atoms with Gasteiger partial charge in [0.15, 0.2) is 0 Å². The van der Waals surface area contributed by atoms with Gasteiger partial charge in [0, 0.05) is 16.9 Å². The zero-order valence-electron chi connectivity index (χ0n) is 11.6. The van der Waals surface area contributed by atoms with E-state index >= 15 is 0 Å². The molecule has 0 aliphatic rings. The molecule has 1 aromatic heterocycles.